The van der Waals surface area contributed by atoms with Crippen LogP contribution in [0.1, 0.15) is 30.0 Å². The molecule has 144 valence electrons. The van der Waals surface area contributed by atoms with Crippen molar-refractivity contribution in [2.45, 2.75) is 38.9 Å². The van der Waals surface area contributed by atoms with Gasteiger partial charge in [0.1, 0.15) is 11.5 Å². The number of halogens is 1. The van der Waals surface area contributed by atoms with Crippen molar-refractivity contribution < 1.29 is 9.21 Å². The summed E-state index contributed by atoms with van der Waals surface area (Å²) >= 11 is 1.65. The quantitative estimate of drug-likeness (QED) is 0.658. The molecule has 2 N–H and O–H groups in total. The number of nitrogens with zero attached hydrogens (tertiary/aromatic N) is 2. The van der Waals surface area contributed by atoms with Crippen LogP contribution in [0.5, 0.6) is 0 Å². The third-order valence-electron chi connectivity index (χ3n) is 4.43. The van der Waals surface area contributed by atoms with E-state index in [2.05, 4.69) is 21.8 Å². The summed E-state index contributed by atoms with van der Waals surface area (Å²) in [7, 11) is 0. The van der Waals surface area contributed by atoms with Gasteiger partial charge in [-0.15, -0.1) is 23.7 Å². The van der Waals surface area contributed by atoms with Crippen LogP contribution in [-0.4, -0.2) is 22.2 Å². The van der Waals surface area contributed by atoms with E-state index < -0.39 is 0 Å². The second-order valence-electron chi connectivity index (χ2n) is 6.40. The standard InChI is InChI=1S/C19H22N4O2S.ClH/c24-19(7-5-16-4-6-17(25-16)18-3-1-10-26-18)21-12-14-11-15-13-20-8-2-9-23(15)22-14;/h1,3-4,6,10-11,20H,2,5,7-9,12-13H2,(H,21,24);1H. The first-order valence-corrected chi connectivity index (χ1v) is 9.81. The molecular weight excluding hydrogens is 384 g/mol. The van der Waals surface area contributed by atoms with E-state index in [1.165, 1.54) is 5.69 Å². The average molecular weight is 407 g/mol. The fraction of sp³-hybridized carbons (Fsp3) is 0.368. The molecule has 3 aromatic rings. The zero-order chi connectivity index (χ0) is 17.8. The number of carbonyl (C=O) groups is 1. The molecule has 0 unspecified atom stereocenters. The van der Waals surface area contributed by atoms with Crippen LogP contribution in [0.3, 0.4) is 0 Å². The van der Waals surface area contributed by atoms with Gasteiger partial charge in [0.15, 0.2) is 0 Å². The van der Waals surface area contributed by atoms with E-state index in [1.807, 2.05) is 34.3 Å². The smallest absolute Gasteiger partial charge is 0.220 e. The van der Waals surface area contributed by atoms with Gasteiger partial charge < -0.3 is 15.1 Å². The molecule has 0 bridgehead atoms. The average Bonchev–Trinajstić information content (AvgIpc) is 3.37. The Labute approximate surface area is 168 Å². The summed E-state index contributed by atoms with van der Waals surface area (Å²) in [5, 5.41) is 12.9. The molecule has 0 atom stereocenters. The van der Waals surface area contributed by atoms with Crippen LogP contribution < -0.4 is 10.6 Å². The van der Waals surface area contributed by atoms with Crippen LogP contribution in [0, 0.1) is 0 Å². The molecule has 0 spiro atoms. The third-order valence-corrected chi connectivity index (χ3v) is 5.32. The van der Waals surface area contributed by atoms with Crippen molar-refractivity contribution >= 4 is 29.7 Å². The lowest BCUT2D eigenvalue weighted by molar-refractivity contribution is -0.121. The lowest BCUT2D eigenvalue weighted by Crippen LogP contribution is -2.23. The number of hydrogen-bond donors (Lipinski definition) is 2. The molecule has 4 rings (SSSR count). The molecule has 0 radical (unpaired) electrons. The maximum absolute atomic E-state index is 12.1. The number of aryl methyl sites for hydroxylation is 2. The minimum absolute atomic E-state index is 0. The lowest BCUT2D eigenvalue weighted by Gasteiger charge is -2.03. The summed E-state index contributed by atoms with van der Waals surface area (Å²) < 4.78 is 7.85. The zero-order valence-corrected chi connectivity index (χ0v) is 16.6. The highest BCUT2D eigenvalue weighted by molar-refractivity contribution is 7.13. The van der Waals surface area contributed by atoms with Crippen LogP contribution in [0.4, 0.5) is 0 Å². The molecule has 0 saturated heterocycles. The van der Waals surface area contributed by atoms with E-state index >= 15 is 0 Å². The number of thiophene rings is 1. The summed E-state index contributed by atoms with van der Waals surface area (Å²) in [4.78, 5) is 13.2. The lowest BCUT2D eigenvalue weighted by atomic mass is 10.2. The second kappa shape index (κ2) is 9.21. The number of aromatic nitrogens is 2. The molecule has 0 aromatic carbocycles. The second-order valence-corrected chi connectivity index (χ2v) is 7.35. The molecular formula is C19H23ClN4O2S. The van der Waals surface area contributed by atoms with Gasteiger partial charge in [0.25, 0.3) is 0 Å². The molecule has 8 heteroatoms. The Bertz CT molecular complexity index is 849. The molecule has 0 fully saturated rings. The van der Waals surface area contributed by atoms with E-state index in [9.17, 15) is 4.79 Å². The number of amides is 1. The van der Waals surface area contributed by atoms with Crippen molar-refractivity contribution in [2.75, 3.05) is 6.54 Å². The van der Waals surface area contributed by atoms with Gasteiger partial charge in [-0.3, -0.25) is 9.48 Å². The van der Waals surface area contributed by atoms with Gasteiger partial charge in [0, 0.05) is 25.9 Å². The number of carbonyl (C=O) groups excluding carboxylic acids is 1. The van der Waals surface area contributed by atoms with E-state index in [0.29, 0.717) is 19.4 Å². The number of hydrogen-bond acceptors (Lipinski definition) is 5. The Kier molecular flexibility index (Phi) is 6.71. The molecule has 0 aliphatic carbocycles. The minimum atomic E-state index is 0. The Balaban J connectivity index is 0.00000210. The van der Waals surface area contributed by atoms with Gasteiger partial charge in [-0.25, -0.2) is 0 Å². The first-order valence-electron chi connectivity index (χ1n) is 8.93. The molecule has 6 nitrogen and oxygen atoms in total. The summed E-state index contributed by atoms with van der Waals surface area (Å²) in [5.74, 6) is 1.72. The van der Waals surface area contributed by atoms with Gasteiger partial charge in [-0.2, -0.15) is 5.10 Å². The largest absolute Gasteiger partial charge is 0.460 e. The van der Waals surface area contributed by atoms with E-state index in [0.717, 1.165) is 48.1 Å². The first kappa shape index (κ1) is 19.7. The Morgan fingerprint density at radius 2 is 2.30 bits per heavy atom. The Morgan fingerprint density at radius 1 is 1.37 bits per heavy atom. The van der Waals surface area contributed by atoms with E-state index in [-0.39, 0.29) is 18.3 Å². The van der Waals surface area contributed by atoms with E-state index in [4.69, 9.17) is 4.42 Å². The monoisotopic (exact) mass is 406 g/mol. The molecule has 1 aliphatic heterocycles. The predicted octanol–water partition coefficient (Wildman–Crippen LogP) is 3.37. The highest BCUT2D eigenvalue weighted by Gasteiger charge is 2.12. The molecule has 27 heavy (non-hydrogen) atoms. The first-order chi connectivity index (χ1) is 12.8. The Morgan fingerprint density at radius 3 is 3.15 bits per heavy atom. The van der Waals surface area contributed by atoms with Crippen LogP contribution >= 0.6 is 23.7 Å². The highest BCUT2D eigenvalue weighted by atomic mass is 35.5. The number of fused-ring (bicyclic) bond motifs is 1. The molecule has 3 aromatic heterocycles. The van der Waals surface area contributed by atoms with Gasteiger partial charge in [-0.05, 0) is 42.6 Å². The van der Waals surface area contributed by atoms with Crippen molar-refractivity contribution in [3.05, 3.63) is 52.9 Å². The van der Waals surface area contributed by atoms with Crippen LogP contribution in [0.2, 0.25) is 0 Å². The van der Waals surface area contributed by atoms with Crippen molar-refractivity contribution in [2.24, 2.45) is 0 Å². The van der Waals surface area contributed by atoms with Gasteiger partial charge >= 0.3 is 0 Å². The Hall–Kier alpha value is -2.09. The van der Waals surface area contributed by atoms with Crippen LogP contribution in [0.15, 0.2) is 40.1 Å². The molecule has 1 aliphatic rings. The summed E-state index contributed by atoms with van der Waals surface area (Å²) in [6, 6.07) is 10.0. The van der Waals surface area contributed by atoms with Crippen molar-refractivity contribution in [1.82, 2.24) is 20.4 Å². The SMILES string of the molecule is Cl.O=C(CCc1ccc(-c2cccs2)o1)NCc1cc2n(n1)CCCNC2. The van der Waals surface area contributed by atoms with Crippen LogP contribution in [0.25, 0.3) is 10.6 Å². The van der Waals surface area contributed by atoms with Gasteiger partial charge in [0.05, 0.1) is 22.8 Å². The summed E-state index contributed by atoms with van der Waals surface area (Å²) in [6.45, 7) is 3.27. The van der Waals surface area contributed by atoms with Crippen LogP contribution in [-0.2, 0) is 30.8 Å². The highest BCUT2D eigenvalue weighted by Crippen LogP contribution is 2.26. The maximum atomic E-state index is 12.1. The van der Waals surface area contributed by atoms with Crippen molar-refractivity contribution in [3.8, 4) is 10.6 Å². The summed E-state index contributed by atoms with van der Waals surface area (Å²) in [6.07, 6.45) is 2.09. The van der Waals surface area contributed by atoms with Gasteiger partial charge in [0.2, 0.25) is 5.91 Å². The normalized spacial score (nSPS) is 13.5. The fourth-order valence-corrected chi connectivity index (χ4v) is 3.77. The number of furan rings is 1. The minimum Gasteiger partial charge on any atom is -0.460 e. The van der Waals surface area contributed by atoms with Crippen molar-refractivity contribution in [1.29, 1.82) is 0 Å². The van der Waals surface area contributed by atoms with E-state index in [1.54, 1.807) is 11.3 Å². The molecule has 0 saturated carbocycles. The van der Waals surface area contributed by atoms with Gasteiger partial charge in [-0.1, -0.05) is 6.07 Å². The zero-order valence-electron chi connectivity index (χ0n) is 14.9. The fourth-order valence-electron chi connectivity index (χ4n) is 3.09. The predicted molar refractivity (Wildman–Crippen MR) is 108 cm³/mol. The van der Waals surface area contributed by atoms with Crippen molar-refractivity contribution in [3.63, 3.8) is 0 Å². The molecule has 1 amide bonds. The number of rotatable bonds is 6. The molecule has 4 heterocycles. The summed E-state index contributed by atoms with van der Waals surface area (Å²) in [5.41, 5.74) is 2.10. The number of nitrogens with one attached hydrogen (secondary N) is 2. The topological polar surface area (TPSA) is 72.1 Å². The third kappa shape index (κ3) is 5.00. The maximum Gasteiger partial charge on any atom is 0.220 e.